The Hall–Kier alpha value is -2.18. The van der Waals surface area contributed by atoms with Gasteiger partial charge in [-0.15, -0.1) is 0 Å². The molecule has 0 aromatic carbocycles. The minimum Gasteiger partial charge on any atom is -0.369 e. The zero-order chi connectivity index (χ0) is 14.3. The number of hydrogen-bond acceptors (Lipinski definition) is 5. The molecule has 0 bridgehead atoms. The smallest absolute Gasteiger partial charge is 0.272 e. The van der Waals surface area contributed by atoms with Gasteiger partial charge in [-0.05, 0) is 20.8 Å². The predicted molar refractivity (Wildman–Crippen MR) is 71.8 cm³/mol. The van der Waals surface area contributed by atoms with Crippen LogP contribution >= 0.6 is 0 Å². The van der Waals surface area contributed by atoms with Gasteiger partial charge >= 0.3 is 0 Å². The Labute approximate surface area is 112 Å². The van der Waals surface area contributed by atoms with Gasteiger partial charge in [0.25, 0.3) is 5.91 Å². The minimum absolute atomic E-state index is 0.0428. The van der Waals surface area contributed by atoms with E-state index in [4.69, 9.17) is 0 Å². The summed E-state index contributed by atoms with van der Waals surface area (Å²) in [5.74, 6) is -0.132. The molecular formula is C12H19N5O2. The molecule has 0 fully saturated rings. The van der Waals surface area contributed by atoms with Crippen LogP contribution in [0.5, 0.6) is 0 Å². The predicted octanol–water partition coefficient (Wildman–Crippen LogP) is 0.163. The largest absolute Gasteiger partial charge is 0.369 e. The van der Waals surface area contributed by atoms with Crippen molar-refractivity contribution >= 4 is 17.6 Å². The van der Waals surface area contributed by atoms with Crippen molar-refractivity contribution in [3.8, 4) is 0 Å². The standard InChI is InChI=1S/C12H19N5O2/c1-4-14-10-6-13-5-9(17-10)12(19)15-7-11(18)16-8(2)3/h5-6,8H,4,7H2,1-3H3,(H,14,17)(H,15,19)(H,16,18). The number of nitrogens with one attached hydrogen (secondary N) is 3. The summed E-state index contributed by atoms with van der Waals surface area (Å²) in [5, 5.41) is 8.13. The quantitative estimate of drug-likeness (QED) is 0.681. The molecule has 1 aromatic heterocycles. The summed E-state index contributed by atoms with van der Waals surface area (Å²) in [4.78, 5) is 31.2. The zero-order valence-electron chi connectivity index (χ0n) is 11.4. The maximum absolute atomic E-state index is 11.8. The lowest BCUT2D eigenvalue weighted by molar-refractivity contribution is -0.120. The topological polar surface area (TPSA) is 96.0 Å². The Kier molecular flexibility index (Phi) is 5.72. The molecule has 0 spiro atoms. The first-order chi connectivity index (χ1) is 9.02. The Balaban J connectivity index is 2.53. The number of rotatable bonds is 6. The fraction of sp³-hybridized carbons (Fsp3) is 0.500. The SMILES string of the molecule is CCNc1cncc(C(=O)NCC(=O)NC(C)C)n1. The van der Waals surface area contributed by atoms with E-state index in [2.05, 4.69) is 25.9 Å². The number of amides is 2. The molecule has 0 aliphatic heterocycles. The van der Waals surface area contributed by atoms with Crippen molar-refractivity contribution in [1.29, 1.82) is 0 Å². The van der Waals surface area contributed by atoms with Crippen LogP contribution in [0.25, 0.3) is 0 Å². The van der Waals surface area contributed by atoms with E-state index in [0.29, 0.717) is 12.4 Å². The molecule has 0 saturated heterocycles. The van der Waals surface area contributed by atoms with Crippen LogP contribution in [0.15, 0.2) is 12.4 Å². The summed E-state index contributed by atoms with van der Waals surface area (Å²) in [5.41, 5.74) is 0.177. The van der Waals surface area contributed by atoms with Gasteiger partial charge in [0.1, 0.15) is 11.5 Å². The summed E-state index contributed by atoms with van der Waals surface area (Å²) >= 11 is 0. The first kappa shape index (κ1) is 14.9. The lowest BCUT2D eigenvalue weighted by atomic mass is 10.3. The fourth-order valence-electron chi connectivity index (χ4n) is 1.37. The molecule has 1 heterocycles. The molecule has 1 aromatic rings. The third kappa shape index (κ3) is 5.33. The van der Waals surface area contributed by atoms with E-state index < -0.39 is 5.91 Å². The maximum atomic E-state index is 11.8. The highest BCUT2D eigenvalue weighted by Gasteiger charge is 2.10. The molecule has 0 radical (unpaired) electrons. The molecule has 0 aliphatic carbocycles. The molecule has 19 heavy (non-hydrogen) atoms. The number of nitrogens with zero attached hydrogens (tertiary/aromatic N) is 2. The lowest BCUT2D eigenvalue weighted by Gasteiger charge is -2.09. The second kappa shape index (κ2) is 7.30. The summed E-state index contributed by atoms with van der Waals surface area (Å²) in [6, 6.07) is 0.0428. The van der Waals surface area contributed by atoms with Gasteiger partial charge in [0.05, 0.1) is 18.9 Å². The van der Waals surface area contributed by atoms with Crippen molar-refractivity contribution in [3.63, 3.8) is 0 Å². The van der Waals surface area contributed by atoms with Crippen LogP contribution < -0.4 is 16.0 Å². The van der Waals surface area contributed by atoms with E-state index >= 15 is 0 Å². The van der Waals surface area contributed by atoms with Crippen molar-refractivity contribution in [2.75, 3.05) is 18.4 Å². The number of carbonyl (C=O) groups is 2. The van der Waals surface area contributed by atoms with Crippen LogP contribution in [0.2, 0.25) is 0 Å². The first-order valence-corrected chi connectivity index (χ1v) is 6.16. The van der Waals surface area contributed by atoms with Crippen molar-refractivity contribution in [3.05, 3.63) is 18.1 Å². The van der Waals surface area contributed by atoms with E-state index in [9.17, 15) is 9.59 Å². The first-order valence-electron chi connectivity index (χ1n) is 6.16. The van der Waals surface area contributed by atoms with Crippen LogP contribution in [0.3, 0.4) is 0 Å². The molecular weight excluding hydrogens is 246 g/mol. The average molecular weight is 265 g/mol. The molecule has 3 N–H and O–H groups in total. The van der Waals surface area contributed by atoms with Crippen molar-refractivity contribution < 1.29 is 9.59 Å². The molecule has 1 rings (SSSR count). The second-order valence-corrected chi connectivity index (χ2v) is 4.22. The molecule has 2 amide bonds. The molecule has 0 aliphatic rings. The van der Waals surface area contributed by atoms with E-state index in [1.165, 1.54) is 12.4 Å². The Bertz CT molecular complexity index is 448. The van der Waals surface area contributed by atoms with Crippen LogP contribution in [0, 0.1) is 0 Å². The van der Waals surface area contributed by atoms with E-state index in [1.807, 2.05) is 20.8 Å². The zero-order valence-corrected chi connectivity index (χ0v) is 11.4. The summed E-state index contributed by atoms with van der Waals surface area (Å²) in [6.45, 7) is 6.24. The maximum Gasteiger partial charge on any atom is 0.272 e. The van der Waals surface area contributed by atoms with Gasteiger partial charge in [0, 0.05) is 12.6 Å². The van der Waals surface area contributed by atoms with Crippen molar-refractivity contribution in [1.82, 2.24) is 20.6 Å². The highest BCUT2D eigenvalue weighted by Crippen LogP contribution is 2.01. The Morgan fingerprint density at radius 2 is 2.05 bits per heavy atom. The number of anilines is 1. The Morgan fingerprint density at radius 1 is 1.32 bits per heavy atom. The van der Waals surface area contributed by atoms with Gasteiger partial charge in [0.15, 0.2) is 0 Å². The molecule has 104 valence electrons. The van der Waals surface area contributed by atoms with Crippen molar-refractivity contribution in [2.24, 2.45) is 0 Å². The second-order valence-electron chi connectivity index (χ2n) is 4.22. The van der Waals surface area contributed by atoms with Crippen molar-refractivity contribution in [2.45, 2.75) is 26.8 Å². The lowest BCUT2D eigenvalue weighted by Crippen LogP contribution is -2.40. The van der Waals surface area contributed by atoms with Gasteiger partial charge in [-0.2, -0.15) is 0 Å². The molecule has 7 heteroatoms. The third-order valence-corrected chi connectivity index (χ3v) is 2.08. The van der Waals surface area contributed by atoms with E-state index in [0.717, 1.165) is 0 Å². The average Bonchev–Trinajstić information content (AvgIpc) is 2.36. The molecule has 7 nitrogen and oxygen atoms in total. The molecule has 0 saturated carbocycles. The molecule has 0 unspecified atom stereocenters. The van der Waals surface area contributed by atoms with Crippen LogP contribution in [-0.4, -0.2) is 40.9 Å². The number of hydrogen-bond donors (Lipinski definition) is 3. The number of carbonyl (C=O) groups excluding carboxylic acids is 2. The minimum atomic E-state index is -0.425. The van der Waals surface area contributed by atoms with Gasteiger partial charge in [-0.25, -0.2) is 4.98 Å². The molecule has 0 atom stereocenters. The highest BCUT2D eigenvalue weighted by molar-refractivity contribution is 5.94. The monoisotopic (exact) mass is 265 g/mol. The summed E-state index contributed by atoms with van der Waals surface area (Å²) < 4.78 is 0. The van der Waals surface area contributed by atoms with E-state index in [1.54, 1.807) is 0 Å². The van der Waals surface area contributed by atoms with Gasteiger partial charge in [0.2, 0.25) is 5.91 Å². The van der Waals surface area contributed by atoms with Gasteiger partial charge < -0.3 is 16.0 Å². The fourth-order valence-corrected chi connectivity index (χ4v) is 1.37. The summed E-state index contributed by atoms with van der Waals surface area (Å²) in [7, 11) is 0. The van der Waals surface area contributed by atoms with Crippen LogP contribution in [0.1, 0.15) is 31.3 Å². The van der Waals surface area contributed by atoms with Crippen LogP contribution in [-0.2, 0) is 4.79 Å². The normalized spacial score (nSPS) is 10.1. The van der Waals surface area contributed by atoms with Crippen LogP contribution in [0.4, 0.5) is 5.82 Å². The highest BCUT2D eigenvalue weighted by atomic mass is 16.2. The van der Waals surface area contributed by atoms with E-state index in [-0.39, 0.29) is 24.2 Å². The third-order valence-electron chi connectivity index (χ3n) is 2.08. The Morgan fingerprint density at radius 3 is 2.68 bits per heavy atom. The van der Waals surface area contributed by atoms with Gasteiger partial charge in [-0.3, -0.25) is 14.6 Å². The van der Waals surface area contributed by atoms with Gasteiger partial charge in [-0.1, -0.05) is 0 Å². The number of aromatic nitrogens is 2. The summed E-state index contributed by atoms with van der Waals surface area (Å²) in [6.07, 6.45) is 2.89.